The molecule has 0 aliphatic rings. The highest BCUT2D eigenvalue weighted by atomic mass is 19.3. The summed E-state index contributed by atoms with van der Waals surface area (Å²) in [4.78, 5) is 4.53. The number of aliphatic imine (C=N–C) groups is 1. The lowest BCUT2D eigenvalue weighted by Crippen LogP contribution is -2.43. The first-order valence-corrected chi connectivity index (χ1v) is 9.57. The second kappa shape index (κ2) is 11.7. The number of aliphatic hydroxyl groups excluding tert-OH is 1. The van der Waals surface area contributed by atoms with Crippen molar-refractivity contribution in [2.75, 3.05) is 19.7 Å². The summed E-state index contributed by atoms with van der Waals surface area (Å²) in [5, 5.41) is 15.9. The highest BCUT2D eigenvalue weighted by Gasteiger charge is 2.25. The summed E-state index contributed by atoms with van der Waals surface area (Å²) >= 11 is 0. The van der Waals surface area contributed by atoms with Crippen LogP contribution in [0.25, 0.3) is 0 Å². The van der Waals surface area contributed by atoms with Crippen molar-refractivity contribution >= 4 is 5.96 Å². The van der Waals surface area contributed by atoms with E-state index in [1.165, 1.54) is 0 Å². The maximum absolute atomic E-state index is 12.6. The molecule has 154 valence electrons. The van der Waals surface area contributed by atoms with E-state index in [0.29, 0.717) is 24.6 Å². The lowest BCUT2D eigenvalue weighted by Gasteiger charge is -2.32. The van der Waals surface area contributed by atoms with Crippen LogP contribution in [0.2, 0.25) is 0 Å². The molecule has 0 bridgehead atoms. The van der Waals surface area contributed by atoms with Crippen LogP contribution in [0.5, 0.6) is 5.75 Å². The number of aliphatic hydroxyl groups is 1. The zero-order valence-electron chi connectivity index (χ0n) is 16.8. The summed E-state index contributed by atoms with van der Waals surface area (Å²) in [6.45, 7) is 6.97. The number of benzene rings is 1. The fraction of sp³-hybridized carbons (Fsp3) is 0.650. The number of ether oxygens (including phenoxy) is 1. The van der Waals surface area contributed by atoms with Gasteiger partial charge < -0.3 is 20.5 Å². The van der Waals surface area contributed by atoms with Gasteiger partial charge >= 0.3 is 6.61 Å². The van der Waals surface area contributed by atoms with E-state index in [-0.39, 0.29) is 24.3 Å². The number of nitrogens with zero attached hydrogens (tertiary/aromatic N) is 1. The van der Waals surface area contributed by atoms with Gasteiger partial charge in [-0.25, -0.2) is 4.99 Å². The molecule has 1 aromatic carbocycles. The lowest BCUT2D eigenvalue weighted by molar-refractivity contribution is -0.0504. The normalized spacial score (nSPS) is 12.4. The van der Waals surface area contributed by atoms with Crippen molar-refractivity contribution in [3.8, 4) is 5.75 Å². The molecule has 7 heteroatoms. The Morgan fingerprint density at radius 2 is 1.93 bits per heavy atom. The van der Waals surface area contributed by atoms with Crippen LogP contribution >= 0.6 is 0 Å². The summed E-state index contributed by atoms with van der Waals surface area (Å²) in [6.07, 6.45) is 2.61. The molecule has 0 spiro atoms. The van der Waals surface area contributed by atoms with Gasteiger partial charge in [-0.15, -0.1) is 0 Å². The predicted octanol–water partition coefficient (Wildman–Crippen LogP) is 3.84. The van der Waals surface area contributed by atoms with Gasteiger partial charge in [0.15, 0.2) is 5.96 Å². The van der Waals surface area contributed by atoms with Crippen molar-refractivity contribution in [2.24, 2.45) is 10.4 Å². The smallest absolute Gasteiger partial charge is 0.387 e. The molecule has 3 N–H and O–H groups in total. The Bertz CT molecular complexity index is 591. The summed E-state index contributed by atoms with van der Waals surface area (Å²) in [7, 11) is 0. The van der Waals surface area contributed by atoms with E-state index in [9.17, 15) is 13.9 Å². The standard InChI is InChI=1S/C20H33F2N3O2/c1-5-20(6-2,10-11-26)14-25-19(23-7-3)24-13-16-12-15(4)8-9-17(16)27-18(21)22/h8-9,12,18,26H,5-7,10-11,13-14H2,1-4H3,(H2,23,24,25). The minimum atomic E-state index is -2.87. The van der Waals surface area contributed by atoms with Crippen LogP contribution in [0.1, 0.15) is 51.2 Å². The Hall–Kier alpha value is -1.89. The zero-order chi connectivity index (χ0) is 20.3. The van der Waals surface area contributed by atoms with Gasteiger partial charge in [-0.3, -0.25) is 0 Å². The van der Waals surface area contributed by atoms with Gasteiger partial charge in [0.2, 0.25) is 0 Å². The minimum Gasteiger partial charge on any atom is -0.434 e. The van der Waals surface area contributed by atoms with Crippen molar-refractivity contribution in [1.29, 1.82) is 0 Å². The number of halogens is 2. The SMILES string of the molecule is CCNC(=NCc1cc(C)ccc1OC(F)F)NCC(CC)(CC)CCO. The molecule has 1 aromatic rings. The average molecular weight is 385 g/mol. The first-order valence-electron chi connectivity index (χ1n) is 9.57. The van der Waals surface area contributed by atoms with Crippen LogP contribution in [0.15, 0.2) is 23.2 Å². The molecular formula is C20H33F2N3O2. The summed E-state index contributed by atoms with van der Waals surface area (Å²) in [5.41, 5.74) is 1.57. The highest BCUT2D eigenvalue weighted by Crippen LogP contribution is 2.29. The number of alkyl halides is 2. The molecule has 0 aliphatic carbocycles. The second-order valence-corrected chi connectivity index (χ2v) is 6.72. The fourth-order valence-corrected chi connectivity index (χ4v) is 3.00. The Balaban J connectivity index is 2.92. The maximum atomic E-state index is 12.6. The number of aryl methyl sites for hydroxylation is 1. The molecule has 0 amide bonds. The number of guanidine groups is 1. The lowest BCUT2D eigenvalue weighted by atomic mass is 9.79. The molecule has 0 heterocycles. The van der Waals surface area contributed by atoms with E-state index in [0.717, 1.165) is 24.8 Å². The van der Waals surface area contributed by atoms with Crippen molar-refractivity contribution in [3.05, 3.63) is 29.3 Å². The minimum absolute atomic E-state index is 0.00176. The molecule has 0 unspecified atom stereocenters. The Morgan fingerprint density at radius 3 is 2.48 bits per heavy atom. The zero-order valence-corrected chi connectivity index (χ0v) is 16.8. The molecule has 0 aliphatic heterocycles. The van der Waals surface area contributed by atoms with Crippen molar-refractivity contribution < 1.29 is 18.6 Å². The third kappa shape index (κ3) is 7.71. The molecule has 0 saturated heterocycles. The molecule has 5 nitrogen and oxygen atoms in total. The van der Waals surface area contributed by atoms with E-state index in [4.69, 9.17) is 0 Å². The van der Waals surface area contributed by atoms with E-state index in [1.54, 1.807) is 18.2 Å². The summed E-state index contributed by atoms with van der Waals surface area (Å²) in [5.74, 6) is 0.762. The molecule has 0 radical (unpaired) electrons. The monoisotopic (exact) mass is 385 g/mol. The number of hydrogen-bond acceptors (Lipinski definition) is 3. The first kappa shape index (κ1) is 23.1. The van der Waals surface area contributed by atoms with E-state index >= 15 is 0 Å². The van der Waals surface area contributed by atoms with Crippen LogP contribution in [0.3, 0.4) is 0 Å². The van der Waals surface area contributed by atoms with E-state index in [1.807, 2.05) is 13.8 Å². The van der Waals surface area contributed by atoms with Crippen molar-refractivity contribution in [2.45, 2.75) is 60.1 Å². The molecular weight excluding hydrogens is 352 g/mol. The largest absolute Gasteiger partial charge is 0.434 e. The fourth-order valence-electron chi connectivity index (χ4n) is 3.00. The third-order valence-corrected chi connectivity index (χ3v) is 4.96. The van der Waals surface area contributed by atoms with Crippen LogP contribution in [0.4, 0.5) is 8.78 Å². The van der Waals surface area contributed by atoms with Crippen LogP contribution < -0.4 is 15.4 Å². The topological polar surface area (TPSA) is 65.9 Å². The number of rotatable bonds is 11. The molecule has 0 atom stereocenters. The van der Waals surface area contributed by atoms with Crippen LogP contribution in [-0.4, -0.2) is 37.4 Å². The van der Waals surface area contributed by atoms with Gasteiger partial charge in [-0.2, -0.15) is 8.78 Å². The number of nitrogens with one attached hydrogen (secondary N) is 2. The molecule has 1 rings (SSSR count). The van der Waals surface area contributed by atoms with Gasteiger partial charge in [-0.1, -0.05) is 31.5 Å². The third-order valence-electron chi connectivity index (χ3n) is 4.96. The first-order chi connectivity index (χ1) is 12.9. The van der Waals surface area contributed by atoms with Crippen molar-refractivity contribution in [1.82, 2.24) is 10.6 Å². The van der Waals surface area contributed by atoms with Crippen LogP contribution in [0, 0.1) is 12.3 Å². The maximum Gasteiger partial charge on any atom is 0.387 e. The average Bonchev–Trinajstić information content (AvgIpc) is 2.64. The van der Waals surface area contributed by atoms with Gasteiger partial charge in [0, 0.05) is 25.3 Å². The van der Waals surface area contributed by atoms with Crippen molar-refractivity contribution in [3.63, 3.8) is 0 Å². The molecule has 0 aromatic heterocycles. The van der Waals surface area contributed by atoms with E-state index < -0.39 is 6.61 Å². The Morgan fingerprint density at radius 1 is 1.22 bits per heavy atom. The van der Waals surface area contributed by atoms with Crippen LogP contribution in [-0.2, 0) is 6.54 Å². The summed E-state index contributed by atoms with van der Waals surface area (Å²) in [6, 6.07) is 5.09. The van der Waals surface area contributed by atoms with Gasteiger partial charge in [0.25, 0.3) is 0 Å². The van der Waals surface area contributed by atoms with Gasteiger partial charge in [0.05, 0.1) is 6.54 Å². The molecule has 0 fully saturated rings. The van der Waals surface area contributed by atoms with Gasteiger partial charge in [0.1, 0.15) is 5.75 Å². The molecule has 0 saturated carbocycles. The second-order valence-electron chi connectivity index (χ2n) is 6.72. The predicted molar refractivity (Wildman–Crippen MR) is 105 cm³/mol. The Labute approximate surface area is 161 Å². The highest BCUT2D eigenvalue weighted by molar-refractivity contribution is 5.79. The summed E-state index contributed by atoms with van der Waals surface area (Å²) < 4.78 is 29.8. The number of hydrogen-bond donors (Lipinski definition) is 3. The quantitative estimate of drug-likeness (QED) is 0.400. The van der Waals surface area contributed by atoms with E-state index in [2.05, 4.69) is 34.2 Å². The Kier molecular flexibility index (Phi) is 10.1. The molecule has 27 heavy (non-hydrogen) atoms. The van der Waals surface area contributed by atoms with Gasteiger partial charge in [-0.05, 0) is 44.6 Å².